The molecule has 2 unspecified atom stereocenters. The van der Waals surface area contributed by atoms with Gasteiger partial charge in [0.15, 0.2) is 5.96 Å². The summed E-state index contributed by atoms with van der Waals surface area (Å²) in [5.41, 5.74) is 1.08. The number of nitrogens with zero attached hydrogens (tertiary/aromatic N) is 2. The quantitative estimate of drug-likeness (QED) is 0.378. The van der Waals surface area contributed by atoms with Crippen LogP contribution in [0.4, 0.5) is 4.39 Å². The van der Waals surface area contributed by atoms with Crippen LogP contribution < -0.4 is 10.6 Å². The number of guanidine groups is 1. The van der Waals surface area contributed by atoms with E-state index in [-0.39, 0.29) is 18.5 Å². The fraction of sp³-hybridized carbons (Fsp3) is 0.696. The summed E-state index contributed by atoms with van der Waals surface area (Å²) in [5, 5.41) is 16.2. The molecule has 1 aromatic carbocycles. The van der Waals surface area contributed by atoms with Crippen LogP contribution in [0.2, 0.25) is 0 Å². The summed E-state index contributed by atoms with van der Waals surface area (Å²) in [7, 11) is 0. The van der Waals surface area contributed by atoms with Crippen molar-refractivity contribution < 1.29 is 14.2 Å². The van der Waals surface area contributed by atoms with Gasteiger partial charge in [0, 0.05) is 39.3 Å². The van der Waals surface area contributed by atoms with Crippen molar-refractivity contribution in [1.29, 1.82) is 0 Å². The number of rotatable bonds is 11. The number of aliphatic hydroxyl groups is 1. The van der Waals surface area contributed by atoms with E-state index in [1.807, 2.05) is 12.1 Å². The molecule has 0 aliphatic carbocycles. The molecule has 30 heavy (non-hydrogen) atoms. The van der Waals surface area contributed by atoms with Crippen LogP contribution >= 0.6 is 0 Å². The third-order valence-corrected chi connectivity index (χ3v) is 5.40. The van der Waals surface area contributed by atoms with Crippen LogP contribution in [-0.4, -0.2) is 68.5 Å². The van der Waals surface area contributed by atoms with Gasteiger partial charge in [-0.05, 0) is 49.3 Å². The molecule has 1 aromatic rings. The molecule has 0 amide bonds. The van der Waals surface area contributed by atoms with Crippen molar-refractivity contribution in [2.75, 3.05) is 52.5 Å². The second-order valence-corrected chi connectivity index (χ2v) is 8.32. The van der Waals surface area contributed by atoms with E-state index in [2.05, 4.69) is 36.3 Å². The van der Waals surface area contributed by atoms with Gasteiger partial charge >= 0.3 is 0 Å². The summed E-state index contributed by atoms with van der Waals surface area (Å²) >= 11 is 0. The second kappa shape index (κ2) is 13.6. The van der Waals surface area contributed by atoms with Crippen LogP contribution in [0.15, 0.2) is 29.3 Å². The molecule has 2 rings (SSSR count). The number of hydrogen-bond donors (Lipinski definition) is 3. The highest BCUT2D eigenvalue weighted by atomic mass is 19.1. The van der Waals surface area contributed by atoms with E-state index in [4.69, 9.17) is 9.73 Å². The zero-order valence-electron chi connectivity index (χ0n) is 18.7. The van der Waals surface area contributed by atoms with E-state index < -0.39 is 0 Å². The Bertz CT molecular complexity index is 618. The molecule has 3 N–H and O–H groups in total. The molecule has 7 heteroatoms. The van der Waals surface area contributed by atoms with E-state index in [9.17, 15) is 9.50 Å². The van der Waals surface area contributed by atoms with Crippen LogP contribution in [0.25, 0.3) is 0 Å². The molecule has 1 fully saturated rings. The highest BCUT2D eigenvalue weighted by Gasteiger charge is 2.23. The van der Waals surface area contributed by atoms with Crippen molar-refractivity contribution in [2.24, 2.45) is 16.8 Å². The third kappa shape index (κ3) is 8.58. The van der Waals surface area contributed by atoms with Crippen LogP contribution in [0.3, 0.4) is 0 Å². The number of halogens is 1. The number of benzene rings is 1. The summed E-state index contributed by atoms with van der Waals surface area (Å²) in [5.74, 6) is 1.51. The molecule has 2 atom stereocenters. The molecule has 0 spiro atoms. The highest BCUT2D eigenvalue weighted by molar-refractivity contribution is 5.79. The molecule has 0 aromatic heterocycles. The van der Waals surface area contributed by atoms with Crippen molar-refractivity contribution in [3.05, 3.63) is 35.6 Å². The van der Waals surface area contributed by atoms with Crippen molar-refractivity contribution >= 4 is 5.96 Å². The lowest BCUT2D eigenvalue weighted by Gasteiger charge is -2.35. The van der Waals surface area contributed by atoms with E-state index >= 15 is 0 Å². The first-order chi connectivity index (χ1) is 14.5. The highest BCUT2D eigenvalue weighted by Crippen LogP contribution is 2.22. The molecule has 1 saturated heterocycles. The van der Waals surface area contributed by atoms with Gasteiger partial charge < -0.3 is 20.5 Å². The van der Waals surface area contributed by atoms with Gasteiger partial charge in [-0.1, -0.05) is 26.0 Å². The van der Waals surface area contributed by atoms with Crippen LogP contribution in [0, 0.1) is 17.7 Å². The van der Waals surface area contributed by atoms with Gasteiger partial charge in [0.2, 0.25) is 0 Å². The minimum atomic E-state index is -0.220. The molecular formula is C23H39FN4O2. The predicted molar refractivity (Wildman–Crippen MR) is 120 cm³/mol. The van der Waals surface area contributed by atoms with Gasteiger partial charge in [-0.2, -0.15) is 0 Å². The molecule has 6 nitrogen and oxygen atoms in total. The zero-order chi connectivity index (χ0) is 21.8. The van der Waals surface area contributed by atoms with Gasteiger partial charge in [-0.25, -0.2) is 4.39 Å². The SMILES string of the molecule is CCNC(=NCC(CCO)CC(C)C)NCC(c1ccc(F)cc1)N1CCOCC1. The topological polar surface area (TPSA) is 69.1 Å². The smallest absolute Gasteiger partial charge is 0.191 e. The fourth-order valence-corrected chi connectivity index (χ4v) is 3.92. The van der Waals surface area contributed by atoms with Crippen molar-refractivity contribution in [1.82, 2.24) is 15.5 Å². The van der Waals surface area contributed by atoms with Gasteiger partial charge in [0.05, 0.1) is 19.3 Å². The average Bonchev–Trinajstić information content (AvgIpc) is 2.73. The fourth-order valence-electron chi connectivity index (χ4n) is 3.92. The van der Waals surface area contributed by atoms with E-state index in [0.717, 1.165) is 44.0 Å². The minimum Gasteiger partial charge on any atom is -0.396 e. The Morgan fingerprint density at radius 3 is 2.50 bits per heavy atom. The minimum absolute atomic E-state index is 0.113. The number of nitrogens with one attached hydrogen (secondary N) is 2. The predicted octanol–water partition coefficient (Wildman–Crippen LogP) is 2.80. The lowest BCUT2D eigenvalue weighted by atomic mass is 9.94. The Morgan fingerprint density at radius 1 is 1.20 bits per heavy atom. The Kier molecular flexibility index (Phi) is 11.1. The molecule has 1 aliphatic heterocycles. The van der Waals surface area contributed by atoms with Crippen LogP contribution in [-0.2, 0) is 4.74 Å². The molecule has 170 valence electrons. The number of morpholine rings is 1. The maximum absolute atomic E-state index is 13.4. The van der Waals surface area contributed by atoms with E-state index in [0.29, 0.717) is 38.1 Å². The average molecular weight is 423 g/mol. The number of aliphatic imine (C=N–C) groups is 1. The lowest BCUT2D eigenvalue weighted by molar-refractivity contribution is 0.0170. The number of aliphatic hydroxyl groups excluding tert-OH is 1. The van der Waals surface area contributed by atoms with E-state index in [1.165, 1.54) is 12.1 Å². The molecule has 1 aliphatic rings. The second-order valence-electron chi connectivity index (χ2n) is 8.32. The maximum Gasteiger partial charge on any atom is 0.191 e. The Morgan fingerprint density at radius 2 is 1.90 bits per heavy atom. The first-order valence-corrected chi connectivity index (χ1v) is 11.2. The Balaban J connectivity index is 2.07. The van der Waals surface area contributed by atoms with Crippen molar-refractivity contribution in [2.45, 2.75) is 39.7 Å². The lowest BCUT2D eigenvalue weighted by Crippen LogP contribution is -2.46. The maximum atomic E-state index is 13.4. The molecular weight excluding hydrogens is 383 g/mol. The summed E-state index contributed by atoms with van der Waals surface area (Å²) < 4.78 is 18.9. The molecule has 1 heterocycles. The third-order valence-electron chi connectivity index (χ3n) is 5.40. The van der Waals surface area contributed by atoms with Crippen LogP contribution in [0.5, 0.6) is 0 Å². The van der Waals surface area contributed by atoms with Gasteiger partial charge in [0.1, 0.15) is 5.82 Å². The first kappa shape index (κ1) is 24.6. The Labute approximate surface area is 180 Å². The van der Waals surface area contributed by atoms with Gasteiger partial charge in [-0.3, -0.25) is 9.89 Å². The van der Waals surface area contributed by atoms with Crippen molar-refractivity contribution in [3.8, 4) is 0 Å². The summed E-state index contributed by atoms with van der Waals surface area (Å²) in [6.45, 7) is 11.9. The van der Waals surface area contributed by atoms with E-state index in [1.54, 1.807) is 0 Å². The zero-order valence-corrected chi connectivity index (χ0v) is 18.7. The molecule has 0 saturated carbocycles. The summed E-state index contributed by atoms with van der Waals surface area (Å²) in [4.78, 5) is 7.17. The monoisotopic (exact) mass is 422 g/mol. The summed E-state index contributed by atoms with van der Waals surface area (Å²) in [6.07, 6.45) is 1.82. The van der Waals surface area contributed by atoms with Gasteiger partial charge in [-0.15, -0.1) is 0 Å². The summed E-state index contributed by atoms with van der Waals surface area (Å²) in [6, 6.07) is 6.88. The van der Waals surface area contributed by atoms with Crippen LogP contribution in [0.1, 0.15) is 45.2 Å². The normalized spacial score (nSPS) is 17.7. The standard InChI is InChI=1S/C23H39FN4O2/c1-4-25-23(26-16-19(9-12-29)15-18(2)3)27-17-22(28-10-13-30-14-11-28)20-5-7-21(24)8-6-20/h5-8,18-19,22,29H,4,9-17H2,1-3H3,(H2,25,26,27). The molecule has 0 radical (unpaired) electrons. The number of hydrogen-bond acceptors (Lipinski definition) is 4. The Hall–Kier alpha value is -1.70. The first-order valence-electron chi connectivity index (χ1n) is 11.2. The molecule has 0 bridgehead atoms. The van der Waals surface area contributed by atoms with Crippen molar-refractivity contribution in [3.63, 3.8) is 0 Å². The largest absolute Gasteiger partial charge is 0.396 e. The van der Waals surface area contributed by atoms with Gasteiger partial charge in [0.25, 0.3) is 0 Å². The number of ether oxygens (including phenoxy) is 1.